The van der Waals surface area contributed by atoms with E-state index in [2.05, 4.69) is 16.0 Å². The van der Waals surface area contributed by atoms with Crippen LogP contribution in [-0.4, -0.2) is 47.4 Å². The van der Waals surface area contributed by atoms with E-state index in [0.717, 1.165) is 5.56 Å². The minimum Gasteiger partial charge on any atom is -0.350 e. The van der Waals surface area contributed by atoms with Crippen LogP contribution in [0.1, 0.15) is 49.5 Å². The highest BCUT2D eigenvalue weighted by atomic mass is 16.2. The maximum Gasteiger partial charge on any atom is 0.317 e. The highest BCUT2D eigenvalue weighted by molar-refractivity contribution is 5.97. The van der Waals surface area contributed by atoms with E-state index >= 15 is 0 Å². The summed E-state index contributed by atoms with van der Waals surface area (Å²) in [5.74, 6) is -0.545. The van der Waals surface area contributed by atoms with Crippen LogP contribution in [0.25, 0.3) is 0 Å². The molecule has 1 heterocycles. The lowest BCUT2D eigenvalue weighted by Gasteiger charge is -2.37. The molecule has 0 aromatic heterocycles. The Morgan fingerprint density at radius 1 is 0.939 bits per heavy atom. The smallest absolute Gasteiger partial charge is 0.317 e. The highest BCUT2D eigenvalue weighted by Gasteiger charge is 2.34. The minimum atomic E-state index is -0.672. The van der Waals surface area contributed by atoms with Gasteiger partial charge in [-0.1, -0.05) is 48.5 Å². The van der Waals surface area contributed by atoms with E-state index in [1.165, 1.54) is 0 Å². The average molecular weight is 451 g/mol. The second-order valence-corrected chi connectivity index (χ2v) is 9.53. The van der Waals surface area contributed by atoms with Gasteiger partial charge in [-0.05, 0) is 57.2 Å². The summed E-state index contributed by atoms with van der Waals surface area (Å²) in [5, 5.41) is 8.91. The van der Waals surface area contributed by atoms with Crippen molar-refractivity contribution in [3.05, 3.63) is 71.8 Å². The van der Waals surface area contributed by atoms with E-state index in [4.69, 9.17) is 0 Å². The summed E-state index contributed by atoms with van der Waals surface area (Å²) < 4.78 is 0. The van der Waals surface area contributed by atoms with Crippen molar-refractivity contribution in [1.29, 1.82) is 0 Å². The van der Waals surface area contributed by atoms with Crippen molar-refractivity contribution in [3.63, 3.8) is 0 Å². The molecule has 2 aromatic carbocycles. The molecule has 0 saturated carbocycles. The molecule has 3 rings (SSSR count). The van der Waals surface area contributed by atoms with Crippen molar-refractivity contribution in [1.82, 2.24) is 20.9 Å². The number of piperidine rings is 1. The van der Waals surface area contributed by atoms with Gasteiger partial charge < -0.3 is 20.9 Å². The fourth-order valence-corrected chi connectivity index (χ4v) is 3.94. The van der Waals surface area contributed by atoms with Crippen molar-refractivity contribution >= 4 is 17.8 Å². The van der Waals surface area contributed by atoms with Gasteiger partial charge in [-0.3, -0.25) is 9.59 Å². The van der Waals surface area contributed by atoms with Crippen LogP contribution in [0.4, 0.5) is 4.79 Å². The zero-order valence-corrected chi connectivity index (χ0v) is 19.6. The Labute approximate surface area is 195 Å². The summed E-state index contributed by atoms with van der Waals surface area (Å²) in [6.07, 6.45) is 1.27. The molecule has 1 aliphatic rings. The van der Waals surface area contributed by atoms with Crippen LogP contribution in [0.5, 0.6) is 0 Å². The molecule has 7 heteroatoms. The number of amides is 4. The SMILES string of the molecule is CC(C)(C)NC(=O)N1CCC([C@@H](NC(=O)c2ccccc2)C(=O)NCc2ccccc2)CC1. The quantitative estimate of drug-likeness (QED) is 0.631. The first-order valence-electron chi connectivity index (χ1n) is 11.5. The van der Waals surface area contributed by atoms with Gasteiger partial charge in [0.15, 0.2) is 0 Å². The molecule has 3 N–H and O–H groups in total. The van der Waals surface area contributed by atoms with Crippen molar-refractivity contribution < 1.29 is 14.4 Å². The molecule has 0 radical (unpaired) electrons. The number of hydrogen-bond donors (Lipinski definition) is 3. The predicted octanol–water partition coefficient (Wildman–Crippen LogP) is 3.32. The third-order valence-electron chi connectivity index (χ3n) is 5.69. The van der Waals surface area contributed by atoms with E-state index in [1.54, 1.807) is 29.2 Å². The fraction of sp³-hybridized carbons (Fsp3) is 0.423. The molecule has 7 nitrogen and oxygen atoms in total. The van der Waals surface area contributed by atoms with Crippen LogP contribution < -0.4 is 16.0 Å². The molecule has 0 spiro atoms. The number of carbonyl (C=O) groups excluding carboxylic acids is 3. The zero-order chi connectivity index (χ0) is 23.8. The number of carbonyl (C=O) groups is 3. The first-order valence-corrected chi connectivity index (χ1v) is 11.5. The van der Waals surface area contributed by atoms with E-state index in [1.807, 2.05) is 57.2 Å². The van der Waals surface area contributed by atoms with Crippen LogP contribution in [0, 0.1) is 5.92 Å². The Balaban J connectivity index is 1.67. The van der Waals surface area contributed by atoms with Crippen LogP contribution in [0.2, 0.25) is 0 Å². The van der Waals surface area contributed by atoms with Gasteiger partial charge in [-0.15, -0.1) is 0 Å². The molecule has 1 aliphatic heterocycles. The first-order chi connectivity index (χ1) is 15.7. The second-order valence-electron chi connectivity index (χ2n) is 9.53. The number of nitrogens with zero attached hydrogens (tertiary/aromatic N) is 1. The topological polar surface area (TPSA) is 90.5 Å². The standard InChI is InChI=1S/C26H34N4O3/c1-26(2,3)29-25(33)30-16-14-20(15-17-30)22(28-23(31)21-12-8-5-9-13-21)24(32)27-18-19-10-6-4-7-11-19/h4-13,20,22H,14-18H2,1-3H3,(H,27,32)(H,28,31)(H,29,33)/t22-/m1/s1. The lowest BCUT2D eigenvalue weighted by atomic mass is 9.88. The normalized spacial score (nSPS) is 15.4. The van der Waals surface area contributed by atoms with Crippen molar-refractivity contribution in [2.75, 3.05) is 13.1 Å². The van der Waals surface area contributed by atoms with E-state index in [0.29, 0.717) is 38.0 Å². The first kappa shape index (κ1) is 24.3. The Morgan fingerprint density at radius 3 is 2.09 bits per heavy atom. The number of benzene rings is 2. The molecule has 2 aromatic rings. The molecule has 1 fully saturated rings. The fourth-order valence-electron chi connectivity index (χ4n) is 3.94. The molecule has 0 bridgehead atoms. The van der Waals surface area contributed by atoms with Gasteiger partial charge in [-0.25, -0.2) is 4.79 Å². The van der Waals surface area contributed by atoms with Gasteiger partial charge in [0.1, 0.15) is 6.04 Å². The maximum absolute atomic E-state index is 13.2. The average Bonchev–Trinajstić information content (AvgIpc) is 2.81. The Hall–Kier alpha value is -3.35. The van der Waals surface area contributed by atoms with Gasteiger partial charge >= 0.3 is 6.03 Å². The third kappa shape index (κ3) is 7.34. The van der Waals surface area contributed by atoms with Crippen molar-refractivity contribution in [3.8, 4) is 0 Å². The number of urea groups is 1. The molecular weight excluding hydrogens is 416 g/mol. The number of likely N-dealkylation sites (tertiary alicyclic amines) is 1. The maximum atomic E-state index is 13.2. The van der Waals surface area contributed by atoms with Gasteiger partial charge in [0, 0.05) is 30.7 Å². The Kier molecular flexibility index (Phi) is 8.09. The van der Waals surface area contributed by atoms with Crippen LogP contribution in [-0.2, 0) is 11.3 Å². The van der Waals surface area contributed by atoms with Crippen molar-refractivity contribution in [2.24, 2.45) is 5.92 Å². The predicted molar refractivity (Wildman–Crippen MR) is 129 cm³/mol. The molecule has 1 saturated heterocycles. The zero-order valence-electron chi connectivity index (χ0n) is 19.6. The monoisotopic (exact) mass is 450 g/mol. The summed E-state index contributed by atoms with van der Waals surface area (Å²) >= 11 is 0. The third-order valence-corrected chi connectivity index (χ3v) is 5.69. The Morgan fingerprint density at radius 2 is 1.52 bits per heavy atom. The van der Waals surface area contributed by atoms with E-state index < -0.39 is 6.04 Å². The van der Waals surface area contributed by atoms with E-state index in [-0.39, 0.29) is 29.3 Å². The molecule has 0 unspecified atom stereocenters. The lowest BCUT2D eigenvalue weighted by molar-refractivity contribution is -0.124. The van der Waals surface area contributed by atoms with Gasteiger partial charge in [0.05, 0.1) is 0 Å². The second kappa shape index (κ2) is 11.0. The van der Waals surface area contributed by atoms with Crippen LogP contribution >= 0.6 is 0 Å². The van der Waals surface area contributed by atoms with Gasteiger partial charge in [0.25, 0.3) is 5.91 Å². The van der Waals surface area contributed by atoms with Crippen LogP contribution in [0.3, 0.4) is 0 Å². The number of hydrogen-bond acceptors (Lipinski definition) is 3. The number of nitrogens with one attached hydrogen (secondary N) is 3. The largest absolute Gasteiger partial charge is 0.350 e. The summed E-state index contributed by atoms with van der Waals surface area (Å²) in [7, 11) is 0. The molecule has 176 valence electrons. The summed E-state index contributed by atoms with van der Waals surface area (Å²) in [5.41, 5.74) is 1.20. The molecule has 4 amide bonds. The van der Waals surface area contributed by atoms with Crippen LogP contribution in [0.15, 0.2) is 60.7 Å². The van der Waals surface area contributed by atoms with E-state index in [9.17, 15) is 14.4 Å². The lowest BCUT2D eigenvalue weighted by Crippen LogP contribution is -2.55. The van der Waals surface area contributed by atoms with Gasteiger partial charge in [-0.2, -0.15) is 0 Å². The minimum absolute atomic E-state index is 0.0628. The molecule has 0 aliphatic carbocycles. The highest BCUT2D eigenvalue weighted by Crippen LogP contribution is 2.22. The summed E-state index contributed by atoms with van der Waals surface area (Å²) in [6, 6.07) is 17.8. The van der Waals surface area contributed by atoms with Gasteiger partial charge in [0.2, 0.25) is 5.91 Å². The van der Waals surface area contributed by atoms with Crippen molar-refractivity contribution in [2.45, 2.75) is 51.7 Å². The molecular formula is C26H34N4O3. The summed E-state index contributed by atoms with van der Waals surface area (Å²) in [6.45, 7) is 7.31. The molecule has 1 atom stereocenters. The summed E-state index contributed by atoms with van der Waals surface area (Å²) in [4.78, 5) is 40.3. The Bertz CT molecular complexity index is 933. The number of rotatable bonds is 6. The molecule has 33 heavy (non-hydrogen) atoms.